The van der Waals surface area contributed by atoms with Crippen LogP contribution in [0, 0.1) is 0 Å². The first-order valence-electron chi connectivity index (χ1n) is 10.3. The smallest absolute Gasteiger partial charge is 0.267 e. The third-order valence-electron chi connectivity index (χ3n) is 5.63. The molecule has 1 N–H and O–H groups in total. The number of sulfonamides is 1. The topological polar surface area (TPSA) is 96.0 Å². The van der Waals surface area contributed by atoms with Gasteiger partial charge in [0, 0.05) is 31.4 Å². The summed E-state index contributed by atoms with van der Waals surface area (Å²) in [5, 5.41) is 2.78. The molecule has 4 rings (SSSR count). The molecule has 0 aliphatic carbocycles. The Kier molecular flexibility index (Phi) is 5.72. The Morgan fingerprint density at radius 3 is 2.42 bits per heavy atom. The van der Waals surface area contributed by atoms with E-state index in [0.717, 1.165) is 19.3 Å². The number of piperidine rings is 1. The van der Waals surface area contributed by atoms with Crippen molar-refractivity contribution < 1.29 is 22.7 Å². The fourth-order valence-corrected chi connectivity index (χ4v) is 5.34. The SMILES string of the molecule is CC1Oc2ccc(NC(=O)c3ccc(S(=O)(=O)N4CCCCC4)cc3)cc2N(C)C1=O. The lowest BCUT2D eigenvalue weighted by Crippen LogP contribution is -2.41. The Bertz CT molecular complexity index is 1110. The van der Waals surface area contributed by atoms with Gasteiger partial charge in [0.1, 0.15) is 5.75 Å². The van der Waals surface area contributed by atoms with Crippen molar-refractivity contribution in [1.82, 2.24) is 4.31 Å². The highest BCUT2D eigenvalue weighted by Gasteiger charge is 2.29. The molecule has 1 unspecified atom stereocenters. The average molecular weight is 444 g/mol. The molecule has 0 saturated carbocycles. The van der Waals surface area contributed by atoms with Crippen molar-refractivity contribution in [2.75, 3.05) is 30.4 Å². The van der Waals surface area contributed by atoms with Crippen LogP contribution in [0.4, 0.5) is 11.4 Å². The van der Waals surface area contributed by atoms with Crippen LogP contribution in [0.5, 0.6) is 5.75 Å². The third-order valence-corrected chi connectivity index (χ3v) is 7.54. The van der Waals surface area contributed by atoms with Crippen molar-refractivity contribution in [2.24, 2.45) is 0 Å². The van der Waals surface area contributed by atoms with Gasteiger partial charge in [-0.1, -0.05) is 6.42 Å². The number of carbonyl (C=O) groups is 2. The van der Waals surface area contributed by atoms with Crippen LogP contribution >= 0.6 is 0 Å². The number of anilines is 2. The summed E-state index contributed by atoms with van der Waals surface area (Å²) in [7, 11) is -1.88. The second-order valence-electron chi connectivity index (χ2n) is 7.78. The molecule has 0 radical (unpaired) electrons. The quantitative estimate of drug-likeness (QED) is 0.784. The number of hydrogen-bond acceptors (Lipinski definition) is 5. The number of likely N-dealkylation sites (N-methyl/N-ethyl adjacent to an activating group) is 1. The fourth-order valence-electron chi connectivity index (χ4n) is 3.83. The summed E-state index contributed by atoms with van der Waals surface area (Å²) < 4.78 is 32.6. The Hall–Kier alpha value is -2.91. The van der Waals surface area contributed by atoms with E-state index in [1.807, 2.05) is 0 Å². The van der Waals surface area contributed by atoms with Crippen LogP contribution in [-0.4, -0.2) is 50.8 Å². The first kappa shape index (κ1) is 21.3. The van der Waals surface area contributed by atoms with Gasteiger partial charge in [-0.2, -0.15) is 4.31 Å². The van der Waals surface area contributed by atoms with Gasteiger partial charge in [-0.15, -0.1) is 0 Å². The van der Waals surface area contributed by atoms with Crippen molar-refractivity contribution >= 4 is 33.2 Å². The summed E-state index contributed by atoms with van der Waals surface area (Å²) >= 11 is 0. The molecule has 0 bridgehead atoms. The molecule has 31 heavy (non-hydrogen) atoms. The van der Waals surface area contributed by atoms with Gasteiger partial charge < -0.3 is 15.0 Å². The zero-order chi connectivity index (χ0) is 22.2. The maximum absolute atomic E-state index is 12.8. The van der Waals surface area contributed by atoms with E-state index in [1.54, 1.807) is 32.2 Å². The number of benzene rings is 2. The van der Waals surface area contributed by atoms with E-state index in [1.165, 1.54) is 33.5 Å². The predicted octanol–water partition coefficient (Wildman–Crippen LogP) is 2.86. The van der Waals surface area contributed by atoms with E-state index in [9.17, 15) is 18.0 Å². The number of nitrogens with zero attached hydrogens (tertiary/aromatic N) is 2. The molecule has 1 fully saturated rings. The molecule has 2 heterocycles. The Morgan fingerprint density at radius 1 is 1.06 bits per heavy atom. The second kappa shape index (κ2) is 8.32. The average Bonchev–Trinajstić information content (AvgIpc) is 2.78. The zero-order valence-corrected chi connectivity index (χ0v) is 18.3. The normalized spacial score (nSPS) is 19.5. The van der Waals surface area contributed by atoms with Gasteiger partial charge in [-0.05, 0) is 62.2 Å². The van der Waals surface area contributed by atoms with Crippen LogP contribution in [0.3, 0.4) is 0 Å². The van der Waals surface area contributed by atoms with E-state index in [4.69, 9.17) is 4.74 Å². The Morgan fingerprint density at radius 2 is 1.74 bits per heavy atom. The van der Waals surface area contributed by atoms with Gasteiger partial charge in [0.2, 0.25) is 10.0 Å². The van der Waals surface area contributed by atoms with Crippen molar-refractivity contribution in [1.29, 1.82) is 0 Å². The van der Waals surface area contributed by atoms with Crippen molar-refractivity contribution in [3.8, 4) is 5.75 Å². The van der Waals surface area contributed by atoms with E-state index >= 15 is 0 Å². The third kappa shape index (κ3) is 4.15. The van der Waals surface area contributed by atoms with Crippen LogP contribution in [0.15, 0.2) is 47.4 Å². The Balaban J connectivity index is 1.49. The summed E-state index contributed by atoms with van der Waals surface area (Å²) in [4.78, 5) is 26.5. The number of nitrogens with one attached hydrogen (secondary N) is 1. The minimum absolute atomic E-state index is 0.165. The first-order valence-corrected chi connectivity index (χ1v) is 11.7. The molecular formula is C22H25N3O5S. The van der Waals surface area contributed by atoms with Crippen molar-refractivity contribution in [2.45, 2.75) is 37.2 Å². The van der Waals surface area contributed by atoms with Crippen LogP contribution in [0.25, 0.3) is 0 Å². The number of amides is 2. The summed E-state index contributed by atoms with van der Waals surface area (Å²) in [5.74, 6) is 0.0299. The van der Waals surface area contributed by atoms with Crippen LogP contribution in [0.1, 0.15) is 36.5 Å². The lowest BCUT2D eigenvalue weighted by molar-refractivity contribution is -0.125. The summed E-state index contributed by atoms with van der Waals surface area (Å²) in [6.45, 7) is 2.75. The largest absolute Gasteiger partial charge is 0.479 e. The molecule has 2 aliphatic rings. The molecule has 1 saturated heterocycles. The number of rotatable bonds is 4. The summed E-state index contributed by atoms with van der Waals surface area (Å²) in [5.41, 5.74) is 1.42. The molecular weight excluding hydrogens is 418 g/mol. The minimum Gasteiger partial charge on any atom is -0.479 e. The van der Waals surface area contributed by atoms with Gasteiger partial charge in [0.05, 0.1) is 10.6 Å². The lowest BCUT2D eigenvalue weighted by atomic mass is 10.1. The number of hydrogen-bond donors (Lipinski definition) is 1. The Labute approximate surface area is 181 Å². The molecule has 0 aromatic heterocycles. The van der Waals surface area contributed by atoms with Crippen molar-refractivity contribution in [3.63, 3.8) is 0 Å². The number of carbonyl (C=O) groups excluding carboxylic acids is 2. The van der Waals surface area contributed by atoms with Crippen molar-refractivity contribution in [3.05, 3.63) is 48.0 Å². The predicted molar refractivity (Wildman–Crippen MR) is 117 cm³/mol. The maximum Gasteiger partial charge on any atom is 0.267 e. The zero-order valence-electron chi connectivity index (χ0n) is 17.5. The summed E-state index contributed by atoms with van der Waals surface area (Å²) in [6.07, 6.45) is 2.22. The van der Waals surface area contributed by atoms with E-state index < -0.39 is 16.1 Å². The molecule has 2 aliphatic heterocycles. The molecule has 2 amide bonds. The fraction of sp³-hybridized carbons (Fsp3) is 0.364. The molecule has 9 heteroatoms. The minimum atomic E-state index is -3.54. The molecule has 8 nitrogen and oxygen atoms in total. The highest BCUT2D eigenvalue weighted by molar-refractivity contribution is 7.89. The molecule has 2 aromatic carbocycles. The van der Waals surface area contributed by atoms with Crippen LogP contribution < -0.4 is 15.0 Å². The molecule has 1 atom stereocenters. The maximum atomic E-state index is 12.8. The van der Waals surface area contributed by atoms with E-state index in [0.29, 0.717) is 35.8 Å². The van der Waals surface area contributed by atoms with E-state index in [-0.39, 0.29) is 16.7 Å². The van der Waals surface area contributed by atoms with Gasteiger partial charge >= 0.3 is 0 Å². The van der Waals surface area contributed by atoms with Gasteiger partial charge in [-0.3, -0.25) is 9.59 Å². The van der Waals surface area contributed by atoms with Gasteiger partial charge in [0.15, 0.2) is 6.10 Å². The summed E-state index contributed by atoms with van der Waals surface area (Å²) in [6, 6.07) is 11.0. The highest BCUT2D eigenvalue weighted by Crippen LogP contribution is 2.35. The van der Waals surface area contributed by atoms with Gasteiger partial charge in [-0.25, -0.2) is 8.42 Å². The highest BCUT2D eigenvalue weighted by atomic mass is 32.2. The standard InChI is InChI=1S/C22H25N3O5S/c1-15-22(27)24(2)19-14-17(8-11-20(19)30-15)23-21(26)16-6-9-18(10-7-16)31(28,29)25-12-4-3-5-13-25/h6-11,14-15H,3-5,12-13H2,1-2H3,(H,23,26). The molecule has 164 valence electrons. The molecule has 0 spiro atoms. The number of ether oxygens (including phenoxy) is 1. The molecule has 2 aromatic rings. The number of fused-ring (bicyclic) bond motifs is 1. The van der Waals surface area contributed by atoms with Gasteiger partial charge in [0.25, 0.3) is 11.8 Å². The van der Waals surface area contributed by atoms with Crippen LogP contribution in [0.2, 0.25) is 0 Å². The monoisotopic (exact) mass is 443 g/mol. The second-order valence-corrected chi connectivity index (χ2v) is 9.72. The van der Waals surface area contributed by atoms with E-state index in [2.05, 4.69) is 5.32 Å². The lowest BCUT2D eigenvalue weighted by Gasteiger charge is -2.30. The first-order chi connectivity index (χ1) is 14.8. The van der Waals surface area contributed by atoms with Crippen LogP contribution in [-0.2, 0) is 14.8 Å².